The van der Waals surface area contributed by atoms with E-state index in [4.69, 9.17) is 4.74 Å². The number of nitriles is 1. The maximum atomic E-state index is 9.33. The van der Waals surface area contributed by atoms with E-state index in [0.29, 0.717) is 19.1 Å². The highest BCUT2D eigenvalue weighted by Crippen LogP contribution is 2.41. The summed E-state index contributed by atoms with van der Waals surface area (Å²) in [5.74, 6) is 0.599. The predicted molar refractivity (Wildman–Crippen MR) is 72.4 cm³/mol. The fraction of sp³-hybridized carbons (Fsp3) is 0.562. The number of rotatable bonds is 4. The van der Waals surface area contributed by atoms with Crippen LogP contribution >= 0.6 is 0 Å². The molecule has 1 aromatic rings. The molecule has 1 aromatic carbocycles. The molecule has 2 nitrogen and oxygen atoms in total. The van der Waals surface area contributed by atoms with Crippen LogP contribution in [0.1, 0.15) is 44.2 Å². The van der Waals surface area contributed by atoms with Crippen molar-refractivity contribution in [3.8, 4) is 6.07 Å². The summed E-state index contributed by atoms with van der Waals surface area (Å²) < 4.78 is 5.40. The first-order valence-electron chi connectivity index (χ1n) is 6.72. The Morgan fingerprint density at radius 1 is 1.28 bits per heavy atom. The van der Waals surface area contributed by atoms with Gasteiger partial charge in [0.05, 0.1) is 30.6 Å². The van der Waals surface area contributed by atoms with E-state index in [1.165, 1.54) is 11.1 Å². The van der Waals surface area contributed by atoms with Crippen LogP contribution in [0.15, 0.2) is 24.3 Å². The first-order chi connectivity index (χ1) is 8.64. The van der Waals surface area contributed by atoms with Crippen LogP contribution in [-0.4, -0.2) is 13.2 Å². The van der Waals surface area contributed by atoms with E-state index < -0.39 is 0 Å². The van der Waals surface area contributed by atoms with Crippen molar-refractivity contribution in [3.05, 3.63) is 35.4 Å². The highest BCUT2D eigenvalue weighted by Gasteiger charge is 2.46. The molecule has 1 heterocycles. The third-order valence-corrected chi connectivity index (χ3v) is 4.10. The van der Waals surface area contributed by atoms with Crippen molar-refractivity contribution in [2.75, 3.05) is 13.2 Å². The molecule has 0 N–H and O–H groups in total. The minimum atomic E-state index is -0.0704. The Labute approximate surface area is 110 Å². The van der Waals surface area contributed by atoms with Gasteiger partial charge in [0.15, 0.2) is 0 Å². The molecular formula is C16H21NO. The molecule has 0 spiro atoms. The minimum absolute atomic E-state index is 0.0520. The van der Waals surface area contributed by atoms with Crippen LogP contribution in [0, 0.1) is 17.2 Å². The maximum absolute atomic E-state index is 9.33. The second-order valence-electron chi connectivity index (χ2n) is 5.52. The third kappa shape index (κ3) is 2.04. The normalized spacial score (nSPS) is 19.1. The second-order valence-corrected chi connectivity index (χ2v) is 5.52. The largest absolute Gasteiger partial charge is 0.379 e. The fourth-order valence-electron chi connectivity index (χ4n) is 2.70. The van der Waals surface area contributed by atoms with Gasteiger partial charge in [0.1, 0.15) is 0 Å². The molecule has 1 unspecified atom stereocenters. The molecule has 0 bridgehead atoms. The average Bonchev–Trinajstić information content (AvgIpc) is 2.33. The smallest absolute Gasteiger partial charge is 0.0666 e. The van der Waals surface area contributed by atoms with Gasteiger partial charge in [-0.2, -0.15) is 5.26 Å². The van der Waals surface area contributed by atoms with E-state index in [1.54, 1.807) is 0 Å². The number of nitrogens with zero attached hydrogens (tertiary/aromatic N) is 1. The van der Waals surface area contributed by atoms with Crippen molar-refractivity contribution >= 4 is 0 Å². The van der Waals surface area contributed by atoms with Gasteiger partial charge in [-0.25, -0.2) is 0 Å². The van der Waals surface area contributed by atoms with Crippen molar-refractivity contribution in [1.29, 1.82) is 5.26 Å². The molecule has 0 saturated carbocycles. The van der Waals surface area contributed by atoms with Gasteiger partial charge in [-0.15, -0.1) is 0 Å². The Morgan fingerprint density at radius 3 is 2.22 bits per heavy atom. The summed E-state index contributed by atoms with van der Waals surface area (Å²) in [4.78, 5) is 0. The topological polar surface area (TPSA) is 33.0 Å². The zero-order valence-electron chi connectivity index (χ0n) is 11.4. The zero-order valence-corrected chi connectivity index (χ0v) is 11.4. The molecule has 1 atom stereocenters. The standard InChI is InChI=1S/C16H21NO/c1-4-14(9-17)16(10-18-11-16)15-7-5-13(6-8-15)12(2)3/h5-8,12,14H,4,10-11H2,1-3H3. The summed E-state index contributed by atoms with van der Waals surface area (Å²) in [5.41, 5.74) is 2.53. The van der Waals surface area contributed by atoms with Gasteiger partial charge >= 0.3 is 0 Å². The molecule has 0 aliphatic carbocycles. The lowest BCUT2D eigenvalue weighted by Crippen LogP contribution is -2.51. The quantitative estimate of drug-likeness (QED) is 0.809. The van der Waals surface area contributed by atoms with Crippen LogP contribution in [0.5, 0.6) is 0 Å². The van der Waals surface area contributed by atoms with Crippen LogP contribution in [0.3, 0.4) is 0 Å². The summed E-state index contributed by atoms with van der Waals surface area (Å²) >= 11 is 0. The Hall–Kier alpha value is -1.33. The van der Waals surface area contributed by atoms with E-state index in [-0.39, 0.29) is 11.3 Å². The summed E-state index contributed by atoms with van der Waals surface area (Å²) in [6.45, 7) is 7.83. The SMILES string of the molecule is CCC(C#N)C1(c2ccc(C(C)C)cc2)COC1. The summed E-state index contributed by atoms with van der Waals surface area (Å²) in [6, 6.07) is 11.2. The summed E-state index contributed by atoms with van der Waals surface area (Å²) in [6.07, 6.45) is 0.881. The van der Waals surface area contributed by atoms with Crippen molar-refractivity contribution < 1.29 is 4.74 Å². The minimum Gasteiger partial charge on any atom is -0.379 e. The maximum Gasteiger partial charge on any atom is 0.0666 e. The lowest BCUT2D eigenvalue weighted by Gasteiger charge is -2.45. The first kappa shape index (κ1) is 13.1. The molecule has 18 heavy (non-hydrogen) atoms. The fourth-order valence-corrected chi connectivity index (χ4v) is 2.70. The molecular weight excluding hydrogens is 222 g/mol. The Morgan fingerprint density at radius 2 is 1.89 bits per heavy atom. The molecule has 1 saturated heterocycles. The summed E-state index contributed by atoms with van der Waals surface area (Å²) in [7, 11) is 0. The summed E-state index contributed by atoms with van der Waals surface area (Å²) in [5, 5.41) is 9.33. The Kier molecular flexibility index (Phi) is 3.73. The molecule has 1 aliphatic heterocycles. The molecule has 2 rings (SSSR count). The van der Waals surface area contributed by atoms with Crippen LogP contribution < -0.4 is 0 Å². The van der Waals surface area contributed by atoms with E-state index in [2.05, 4.69) is 51.1 Å². The van der Waals surface area contributed by atoms with Crippen molar-refractivity contribution in [2.24, 2.45) is 5.92 Å². The molecule has 2 heteroatoms. The predicted octanol–water partition coefficient (Wildman–Crippen LogP) is 3.63. The van der Waals surface area contributed by atoms with Crippen LogP contribution in [0.2, 0.25) is 0 Å². The Bertz CT molecular complexity index is 437. The van der Waals surface area contributed by atoms with Gasteiger partial charge in [-0.1, -0.05) is 45.0 Å². The van der Waals surface area contributed by atoms with Crippen molar-refractivity contribution in [3.63, 3.8) is 0 Å². The molecule has 0 amide bonds. The van der Waals surface area contributed by atoms with Gasteiger partial charge in [-0.05, 0) is 23.5 Å². The van der Waals surface area contributed by atoms with Crippen LogP contribution in [0.4, 0.5) is 0 Å². The van der Waals surface area contributed by atoms with E-state index in [1.807, 2.05) is 0 Å². The first-order valence-corrected chi connectivity index (χ1v) is 6.72. The van der Waals surface area contributed by atoms with Crippen LogP contribution in [0.25, 0.3) is 0 Å². The molecule has 1 aliphatic rings. The van der Waals surface area contributed by atoms with Gasteiger partial charge < -0.3 is 4.74 Å². The molecule has 0 radical (unpaired) electrons. The number of benzene rings is 1. The lowest BCUT2D eigenvalue weighted by atomic mass is 9.68. The van der Waals surface area contributed by atoms with E-state index in [9.17, 15) is 5.26 Å². The Balaban J connectivity index is 2.31. The highest BCUT2D eigenvalue weighted by atomic mass is 16.5. The van der Waals surface area contributed by atoms with Gasteiger partial charge in [0.25, 0.3) is 0 Å². The van der Waals surface area contributed by atoms with Gasteiger partial charge in [0.2, 0.25) is 0 Å². The van der Waals surface area contributed by atoms with Gasteiger partial charge in [0, 0.05) is 0 Å². The zero-order chi connectivity index (χ0) is 13.2. The van der Waals surface area contributed by atoms with Crippen molar-refractivity contribution in [1.82, 2.24) is 0 Å². The highest BCUT2D eigenvalue weighted by molar-refractivity contribution is 5.34. The van der Waals surface area contributed by atoms with E-state index >= 15 is 0 Å². The van der Waals surface area contributed by atoms with Crippen LogP contribution in [-0.2, 0) is 10.2 Å². The number of ether oxygens (including phenoxy) is 1. The third-order valence-electron chi connectivity index (χ3n) is 4.10. The molecule has 96 valence electrons. The second kappa shape index (κ2) is 5.12. The lowest BCUT2D eigenvalue weighted by molar-refractivity contribution is -0.0804. The molecule has 0 aromatic heterocycles. The molecule has 1 fully saturated rings. The van der Waals surface area contributed by atoms with Gasteiger partial charge in [-0.3, -0.25) is 0 Å². The van der Waals surface area contributed by atoms with Crippen molar-refractivity contribution in [2.45, 2.75) is 38.5 Å². The number of hydrogen-bond donors (Lipinski definition) is 0. The monoisotopic (exact) mass is 243 g/mol. The average molecular weight is 243 g/mol. The van der Waals surface area contributed by atoms with E-state index in [0.717, 1.165) is 6.42 Å². The number of hydrogen-bond acceptors (Lipinski definition) is 2.